The molecule has 3 aromatic carbocycles. The van der Waals surface area contributed by atoms with Crippen molar-refractivity contribution in [3.05, 3.63) is 79.9 Å². The van der Waals surface area contributed by atoms with Gasteiger partial charge in [-0.3, -0.25) is 14.4 Å². The maximum atomic E-state index is 13.6. The highest BCUT2D eigenvalue weighted by atomic mass is 32.2. The number of fused-ring (bicyclic) bond motifs is 4. The lowest BCUT2D eigenvalue weighted by Gasteiger charge is -2.15. The third kappa shape index (κ3) is 15.1. The molecule has 3 aromatic rings. The number of carbonyl (C=O) groups excluding carboxylic acids is 8. The third-order valence-corrected chi connectivity index (χ3v) is 23.2. The molecule has 7 rings (SSSR count). The molecule has 0 saturated carbocycles. The van der Waals surface area contributed by atoms with Gasteiger partial charge in [-0.05, 0) is 42.9 Å². The summed E-state index contributed by atoms with van der Waals surface area (Å²) < 4.78 is 66.6. The lowest BCUT2D eigenvalue weighted by Crippen LogP contribution is -2.11. The fraction of sp³-hybridized carbons (Fsp3) is 0.314. The largest absolute Gasteiger partial charge is 0.494 e. The van der Waals surface area contributed by atoms with E-state index in [-0.39, 0.29) is 66.6 Å². The standard InChI is InChI=1S/C27H29NO4S5.C22H16N2O9S4.2CO2/c1-7-15(4)17-10-12-18(13-11-17)37(29,30)19(14-28)27-35-24-20(31-5)22-23(21(32-6)25(24)36-27)34-26(33-22)16(8-2)9-3;1-9(25)32-13-15-16(35-21(34-15)11(8-23)19(27)31-7-6-29-4)14(33-10(2)26)18-17(13)36-22(37-18)12(24-3)20(28)30-5;2*2-1-3/h10-13,15H,7-9H2,1-6H3;6-7H2,1-2,4-5H3;;. The van der Waals surface area contributed by atoms with E-state index in [0.717, 1.165) is 98.6 Å². The van der Waals surface area contributed by atoms with Gasteiger partial charge < -0.3 is 33.2 Å². The van der Waals surface area contributed by atoms with Crippen molar-refractivity contribution in [2.75, 3.05) is 41.7 Å². The lowest BCUT2D eigenvalue weighted by atomic mass is 9.99. The van der Waals surface area contributed by atoms with Gasteiger partial charge in [0.2, 0.25) is 9.84 Å². The van der Waals surface area contributed by atoms with Gasteiger partial charge in [-0.15, -0.1) is 0 Å². The van der Waals surface area contributed by atoms with E-state index < -0.39 is 33.7 Å². The van der Waals surface area contributed by atoms with Gasteiger partial charge in [-0.25, -0.2) is 18.1 Å². The van der Waals surface area contributed by atoms with Crippen LogP contribution in [0.25, 0.3) is 4.85 Å². The minimum Gasteiger partial charge on any atom is -0.494 e. The number of rotatable bonds is 15. The summed E-state index contributed by atoms with van der Waals surface area (Å²) in [5, 5.41) is 19.7. The Morgan fingerprint density at radius 1 is 0.613 bits per heavy atom. The van der Waals surface area contributed by atoms with E-state index in [4.69, 9.17) is 54.2 Å². The van der Waals surface area contributed by atoms with Crippen LogP contribution in [0, 0.1) is 29.2 Å². The number of sulfone groups is 1. The van der Waals surface area contributed by atoms with Gasteiger partial charge >= 0.3 is 36.2 Å². The van der Waals surface area contributed by atoms with Crippen LogP contribution in [-0.4, -0.2) is 86.3 Å². The lowest BCUT2D eigenvalue weighted by molar-refractivity contribution is -0.193. The molecule has 0 radical (unpaired) electrons. The van der Waals surface area contributed by atoms with Crippen molar-refractivity contribution < 1.29 is 79.9 Å². The second kappa shape index (κ2) is 31.3. The predicted octanol–water partition coefficient (Wildman–Crippen LogP) is 11.8. The van der Waals surface area contributed by atoms with E-state index >= 15 is 0 Å². The van der Waals surface area contributed by atoms with Gasteiger partial charge in [0.1, 0.15) is 30.2 Å². The van der Waals surface area contributed by atoms with Gasteiger partial charge in [-0.1, -0.05) is 139 Å². The number of allylic oxidation sites excluding steroid dienone is 2. The molecule has 0 spiro atoms. The summed E-state index contributed by atoms with van der Waals surface area (Å²) in [5.74, 6) is -1.16. The molecule has 0 aliphatic carbocycles. The summed E-state index contributed by atoms with van der Waals surface area (Å²) in [6.45, 7) is 18.4. The van der Waals surface area contributed by atoms with Crippen LogP contribution in [0.5, 0.6) is 23.0 Å². The number of nitrogens with zero attached hydrogens (tertiary/aromatic N) is 3. The van der Waals surface area contributed by atoms with Gasteiger partial charge in [0.25, 0.3) is 5.70 Å². The molecule has 0 amide bonds. The van der Waals surface area contributed by atoms with E-state index in [1.165, 1.54) is 54.3 Å². The molecule has 29 heteroatoms. The molecule has 1 atom stereocenters. The van der Waals surface area contributed by atoms with Gasteiger partial charge in [0.05, 0.1) is 91.3 Å². The SMILES string of the molecule is CCC(CC)=C1Sc2c(OC)c3c(c(OC)c2S1)SC(=C(C#N)S(=O)(=O)c1ccc(C(C)CC)cc1)S3.O=C=O.O=C=O.[C-]#[N+]C(C(=O)OC)=C1Sc2c(OC(C)=O)c3c(c(OC(C)=O)c2S1)SC(=C(C#N)C(=O)OCCOC)S3. The minimum absolute atomic E-state index is 0.0618. The van der Waals surface area contributed by atoms with Crippen LogP contribution in [0.4, 0.5) is 0 Å². The van der Waals surface area contributed by atoms with Gasteiger partial charge in [-0.2, -0.15) is 29.7 Å². The summed E-state index contributed by atoms with van der Waals surface area (Å²) in [7, 11) is 1.83. The van der Waals surface area contributed by atoms with Gasteiger partial charge in [0, 0.05) is 25.2 Å². The van der Waals surface area contributed by atoms with Crippen LogP contribution in [0.15, 0.2) is 107 Å². The Bertz CT molecular complexity index is 3310. The Hall–Kier alpha value is -5.96. The summed E-state index contributed by atoms with van der Waals surface area (Å²) >= 11 is 9.77. The number of carbonyl (C=O) groups is 4. The third-order valence-electron chi connectivity index (χ3n) is 10.7. The Kier molecular flexibility index (Phi) is 26.0. The number of esters is 4. The maximum Gasteiger partial charge on any atom is 0.373 e. The molecule has 420 valence electrons. The highest BCUT2D eigenvalue weighted by Gasteiger charge is 2.42. The molecule has 20 nitrogen and oxygen atoms in total. The van der Waals surface area contributed by atoms with Crippen LogP contribution in [-0.2, 0) is 62.4 Å². The first-order chi connectivity index (χ1) is 38.2. The van der Waals surface area contributed by atoms with E-state index in [2.05, 4.69) is 37.3 Å². The number of hydrogen-bond acceptors (Lipinski definition) is 27. The van der Waals surface area contributed by atoms with Crippen LogP contribution in [0.1, 0.15) is 72.3 Å². The zero-order valence-electron chi connectivity index (χ0n) is 43.9. The fourth-order valence-corrected chi connectivity index (χ4v) is 19.9. The first-order valence-corrected chi connectivity index (χ1v) is 30.8. The number of nitriles is 2. The number of thioether (sulfide) groups is 8. The molecule has 0 fully saturated rings. The number of benzene rings is 3. The smallest absolute Gasteiger partial charge is 0.373 e. The Morgan fingerprint density at radius 2 is 1.02 bits per heavy atom. The Morgan fingerprint density at radius 3 is 1.38 bits per heavy atom. The monoisotopic (exact) mass is 1260 g/mol. The topological polar surface area (TPSA) is 287 Å². The molecule has 0 bridgehead atoms. The van der Waals surface area contributed by atoms with Crippen molar-refractivity contribution in [3.63, 3.8) is 0 Å². The van der Waals surface area contributed by atoms with Crippen molar-refractivity contribution in [2.45, 2.75) is 111 Å². The summed E-state index contributed by atoms with van der Waals surface area (Å²) in [6.07, 6.45) is 3.41. The molecule has 1 unspecified atom stereocenters. The first kappa shape index (κ1) is 66.6. The van der Waals surface area contributed by atoms with Gasteiger partial charge in [0.15, 0.2) is 22.0 Å². The molecule has 0 saturated heterocycles. The van der Waals surface area contributed by atoms with Crippen LogP contribution >= 0.6 is 94.1 Å². The van der Waals surface area contributed by atoms with Crippen LogP contribution < -0.4 is 18.9 Å². The normalized spacial score (nSPS) is 13.2. The molecule has 0 N–H and O–H groups in total. The second-order valence-corrected chi connectivity index (χ2v) is 26.5. The fourth-order valence-electron chi connectivity index (χ4n) is 6.90. The molecule has 0 aromatic heterocycles. The highest BCUT2D eigenvalue weighted by Crippen LogP contribution is 2.70. The molecular formula is C51H45N3O17S9. The van der Waals surface area contributed by atoms with Crippen molar-refractivity contribution >= 4 is 140 Å². The zero-order chi connectivity index (χ0) is 59.6. The molecule has 4 heterocycles. The highest BCUT2D eigenvalue weighted by molar-refractivity contribution is 8.27. The zero-order valence-corrected chi connectivity index (χ0v) is 51.2. The van der Waals surface area contributed by atoms with E-state index in [1.807, 2.05) is 24.3 Å². The van der Waals surface area contributed by atoms with E-state index in [9.17, 15) is 38.1 Å². The average Bonchev–Trinajstić information content (AvgIpc) is 4.43. The number of hydrogen-bond donors (Lipinski definition) is 0. The molecule has 4 aliphatic heterocycles. The van der Waals surface area contributed by atoms with E-state index in [1.54, 1.807) is 49.9 Å². The first-order valence-electron chi connectivity index (χ1n) is 22.8. The molecule has 80 heavy (non-hydrogen) atoms. The molecular weight excluding hydrogens is 1220 g/mol. The van der Waals surface area contributed by atoms with Crippen molar-refractivity contribution in [1.82, 2.24) is 0 Å². The minimum atomic E-state index is -4.00. The summed E-state index contributed by atoms with van der Waals surface area (Å²) in [6, 6.07) is 10.7. The average molecular weight is 1260 g/mol. The van der Waals surface area contributed by atoms with Crippen molar-refractivity contribution in [1.29, 1.82) is 10.5 Å². The second-order valence-electron chi connectivity index (χ2n) is 15.4. The molecule has 4 aliphatic rings. The quantitative estimate of drug-likeness (QED) is 0.0341. The predicted molar refractivity (Wildman–Crippen MR) is 299 cm³/mol. The van der Waals surface area contributed by atoms with E-state index in [0.29, 0.717) is 41.2 Å². The van der Waals surface area contributed by atoms with Crippen molar-refractivity contribution in [3.8, 4) is 35.1 Å². The van der Waals surface area contributed by atoms with Crippen molar-refractivity contribution in [2.24, 2.45) is 0 Å². The maximum absolute atomic E-state index is 13.6. The van der Waals surface area contributed by atoms with Crippen LogP contribution in [0.2, 0.25) is 0 Å². The number of ether oxygens (including phenoxy) is 7. The van der Waals surface area contributed by atoms with Crippen LogP contribution in [0.3, 0.4) is 0 Å². The number of methoxy groups -OCH3 is 4. The Balaban J connectivity index is 0.000000314. The summed E-state index contributed by atoms with van der Waals surface area (Å²) in [4.78, 5) is 89.1. The summed E-state index contributed by atoms with van der Waals surface area (Å²) in [5.41, 5.74) is 1.88. The Labute approximate surface area is 494 Å².